The Morgan fingerprint density at radius 3 is 2.23 bits per heavy atom. The second-order valence-electron chi connectivity index (χ2n) is 10.1. The van der Waals surface area contributed by atoms with E-state index < -0.39 is 23.9 Å². The van der Waals surface area contributed by atoms with Crippen LogP contribution in [0.1, 0.15) is 55.6 Å². The van der Waals surface area contributed by atoms with Crippen LogP contribution in [-0.4, -0.2) is 42.3 Å². The number of benzene rings is 2. The zero-order chi connectivity index (χ0) is 24.4. The van der Waals surface area contributed by atoms with Crippen LogP contribution >= 0.6 is 0 Å². The Morgan fingerprint density at radius 1 is 0.943 bits per heavy atom. The number of rotatable bonds is 9. The van der Waals surface area contributed by atoms with Gasteiger partial charge in [0.1, 0.15) is 6.61 Å². The van der Waals surface area contributed by atoms with Crippen LogP contribution in [-0.2, 0) is 14.3 Å². The lowest BCUT2D eigenvalue weighted by molar-refractivity contribution is -0.142. The van der Waals surface area contributed by atoms with Gasteiger partial charge in [0.05, 0.1) is 11.8 Å². The number of fused-ring (bicyclic) bond motifs is 3. The van der Waals surface area contributed by atoms with Crippen LogP contribution in [0, 0.1) is 17.8 Å². The van der Waals surface area contributed by atoms with E-state index in [1.54, 1.807) is 0 Å². The summed E-state index contributed by atoms with van der Waals surface area (Å²) in [5.74, 6) is -1.48. The number of alkyl carbamates (subject to hydrolysis) is 1. The fraction of sp³-hybridized carbons (Fsp3) is 0.464. The van der Waals surface area contributed by atoms with Gasteiger partial charge in [0.2, 0.25) is 5.91 Å². The molecule has 0 radical (unpaired) electrons. The molecular formula is C28H32N2O5. The fourth-order valence-corrected chi connectivity index (χ4v) is 5.62. The summed E-state index contributed by atoms with van der Waals surface area (Å²) in [5.41, 5.74) is 4.64. The summed E-state index contributed by atoms with van der Waals surface area (Å²) in [4.78, 5) is 37.1. The van der Waals surface area contributed by atoms with Crippen LogP contribution < -0.4 is 10.6 Å². The third kappa shape index (κ3) is 5.19. The molecule has 2 saturated carbocycles. The minimum atomic E-state index is -0.858. The van der Waals surface area contributed by atoms with Crippen LogP contribution in [0.5, 0.6) is 0 Å². The maximum Gasteiger partial charge on any atom is 0.407 e. The minimum Gasteiger partial charge on any atom is -0.481 e. The van der Waals surface area contributed by atoms with Crippen molar-refractivity contribution in [3.63, 3.8) is 0 Å². The zero-order valence-electron chi connectivity index (χ0n) is 19.7. The van der Waals surface area contributed by atoms with Gasteiger partial charge in [-0.2, -0.15) is 0 Å². The largest absolute Gasteiger partial charge is 0.481 e. The molecule has 2 aromatic carbocycles. The molecule has 184 valence electrons. The smallest absolute Gasteiger partial charge is 0.407 e. The Morgan fingerprint density at radius 2 is 1.60 bits per heavy atom. The molecule has 3 unspecified atom stereocenters. The van der Waals surface area contributed by atoms with Crippen LogP contribution in [0.4, 0.5) is 4.79 Å². The maximum atomic E-state index is 13.0. The molecule has 2 amide bonds. The molecule has 3 aliphatic carbocycles. The number of ether oxygens (including phenoxy) is 1. The highest BCUT2D eigenvalue weighted by atomic mass is 16.5. The monoisotopic (exact) mass is 476 g/mol. The molecule has 0 heterocycles. The van der Waals surface area contributed by atoms with Gasteiger partial charge in [0.15, 0.2) is 0 Å². The number of carbonyl (C=O) groups is 3. The molecule has 3 atom stereocenters. The van der Waals surface area contributed by atoms with E-state index in [1.807, 2.05) is 24.3 Å². The standard InChI is InChI=1S/C28H32N2O5/c31-26(30-25-11-5-10-23(25)27(32)33)18(14-17-12-13-17)15-29-28(34)35-16-24-21-8-3-1-6-19(21)20-7-2-4-9-22(20)24/h1-4,6-9,17-18,23-25H,5,10-16H2,(H,29,34)(H,30,31)(H,32,33). The average Bonchev–Trinajstić information content (AvgIpc) is 3.46. The number of nitrogens with one attached hydrogen (secondary N) is 2. The number of hydrogen-bond donors (Lipinski definition) is 3. The predicted octanol–water partition coefficient (Wildman–Crippen LogP) is 4.31. The molecule has 7 heteroatoms. The van der Waals surface area contributed by atoms with Crippen molar-refractivity contribution in [1.82, 2.24) is 10.6 Å². The summed E-state index contributed by atoms with van der Waals surface area (Å²) in [6, 6.07) is 16.0. The molecule has 2 aromatic rings. The van der Waals surface area contributed by atoms with E-state index in [1.165, 1.54) is 11.1 Å². The van der Waals surface area contributed by atoms with Crippen molar-refractivity contribution in [3.05, 3.63) is 59.7 Å². The van der Waals surface area contributed by atoms with Crippen molar-refractivity contribution in [2.24, 2.45) is 17.8 Å². The molecule has 0 aliphatic heterocycles. The third-order valence-corrected chi connectivity index (χ3v) is 7.68. The summed E-state index contributed by atoms with van der Waals surface area (Å²) in [5, 5.41) is 15.2. The van der Waals surface area contributed by atoms with Gasteiger partial charge in [-0.25, -0.2) is 4.79 Å². The summed E-state index contributed by atoms with van der Waals surface area (Å²) >= 11 is 0. The lowest BCUT2D eigenvalue weighted by atomic mass is 9.98. The van der Waals surface area contributed by atoms with Crippen LogP contribution in [0.2, 0.25) is 0 Å². The van der Waals surface area contributed by atoms with Gasteiger partial charge in [0.25, 0.3) is 0 Å². The molecular weight excluding hydrogens is 444 g/mol. The molecule has 7 nitrogen and oxygen atoms in total. The first kappa shape index (κ1) is 23.4. The molecule has 35 heavy (non-hydrogen) atoms. The SMILES string of the molecule is O=C(NCC(CC1CC1)C(=O)NC1CCCC1C(=O)O)OCC1c2ccccc2-c2ccccc21. The molecule has 0 bridgehead atoms. The van der Waals surface area contributed by atoms with Crippen molar-refractivity contribution in [3.8, 4) is 11.1 Å². The molecule has 3 aliphatic rings. The Balaban J connectivity index is 1.17. The second-order valence-corrected chi connectivity index (χ2v) is 10.1. The highest BCUT2D eigenvalue weighted by molar-refractivity contribution is 5.82. The lowest BCUT2D eigenvalue weighted by Gasteiger charge is -2.23. The number of carbonyl (C=O) groups excluding carboxylic acids is 2. The van der Waals surface area contributed by atoms with Crippen molar-refractivity contribution in [2.75, 3.05) is 13.2 Å². The van der Waals surface area contributed by atoms with E-state index in [2.05, 4.69) is 34.9 Å². The van der Waals surface area contributed by atoms with Crippen LogP contribution in [0.25, 0.3) is 11.1 Å². The van der Waals surface area contributed by atoms with E-state index in [4.69, 9.17) is 4.74 Å². The van der Waals surface area contributed by atoms with Gasteiger partial charge in [-0.1, -0.05) is 67.8 Å². The lowest BCUT2D eigenvalue weighted by Crippen LogP contribution is -2.46. The highest BCUT2D eigenvalue weighted by Gasteiger charge is 2.37. The van der Waals surface area contributed by atoms with E-state index in [0.29, 0.717) is 25.2 Å². The van der Waals surface area contributed by atoms with Gasteiger partial charge < -0.3 is 20.5 Å². The van der Waals surface area contributed by atoms with E-state index in [-0.39, 0.29) is 31.0 Å². The molecule has 0 saturated heterocycles. The fourth-order valence-electron chi connectivity index (χ4n) is 5.62. The van der Waals surface area contributed by atoms with E-state index in [0.717, 1.165) is 30.4 Å². The van der Waals surface area contributed by atoms with Crippen molar-refractivity contribution < 1.29 is 24.2 Å². The Labute approximate surface area is 205 Å². The Hall–Kier alpha value is -3.35. The topological polar surface area (TPSA) is 105 Å². The van der Waals surface area contributed by atoms with Gasteiger partial charge in [-0.05, 0) is 47.4 Å². The van der Waals surface area contributed by atoms with Gasteiger partial charge in [0, 0.05) is 18.5 Å². The number of aliphatic carboxylic acids is 1. The first-order valence-electron chi connectivity index (χ1n) is 12.6. The first-order chi connectivity index (χ1) is 17.0. The summed E-state index contributed by atoms with van der Waals surface area (Å²) in [6.45, 7) is 0.408. The normalized spacial score (nSPS) is 21.6. The molecule has 3 N–H and O–H groups in total. The van der Waals surface area contributed by atoms with Crippen molar-refractivity contribution in [2.45, 2.75) is 50.5 Å². The Bertz CT molecular complexity index is 1070. The van der Waals surface area contributed by atoms with Crippen molar-refractivity contribution in [1.29, 1.82) is 0 Å². The Kier molecular flexibility index (Phi) is 6.75. The first-order valence-corrected chi connectivity index (χ1v) is 12.6. The average molecular weight is 477 g/mol. The summed E-state index contributed by atoms with van der Waals surface area (Å²) < 4.78 is 5.61. The number of amides is 2. The van der Waals surface area contributed by atoms with Gasteiger partial charge in [-0.15, -0.1) is 0 Å². The molecule has 5 rings (SSSR count). The number of carboxylic acid groups (broad SMARTS) is 1. The number of carboxylic acids is 1. The summed E-state index contributed by atoms with van der Waals surface area (Å²) in [6.07, 6.45) is 4.41. The molecule has 0 spiro atoms. The predicted molar refractivity (Wildman–Crippen MR) is 131 cm³/mol. The number of hydrogen-bond acceptors (Lipinski definition) is 4. The maximum absolute atomic E-state index is 13.0. The molecule has 2 fully saturated rings. The van der Waals surface area contributed by atoms with Crippen LogP contribution in [0.15, 0.2) is 48.5 Å². The highest BCUT2D eigenvalue weighted by Crippen LogP contribution is 2.44. The zero-order valence-corrected chi connectivity index (χ0v) is 19.7. The van der Waals surface area contributed by atoms with E-state index >= 15 is 0 Å². The van der Waals surface area contributed by atoms with Gasteiger partial charge in [-0.3, -0.25) is 9.59 Å². The van der Waals surface area contributed by atoms with E-state index in [9.17, 15) is 19.5 Å². The molecule has 0 aromatic heterocycles. The third-order valence-electron chi connectivity index (χ3n) is 7.68. The van der Waals surface area contributed by atoms with Crippen molar-refractivity contribution >= 4 is 18.0 Å². The quantitative estimate of drug-likeness (QED) is 0.500. The minimum absolute atomic E-state index is 0.0194. The van der Waals surface area contributed by atoms with Crippen LogP contribution in [0.3, 0.4) is 0 Å². The van der Waals surface area contributed by atoms with Gasteiger partial charge >= 0.3 is 12.1 Å². The summed E-state index contributed by atoms with van der Waals surface area (Å²) in [7, 11) is 0. The second kappa shape index (κ2) is 10.1.